The van der Waals surface area contributed by atoms with Gasteiger partial charge in [-0.25, -0.2) is 0 Å². The van der Waals surface area contributed by atoms with Crippen LogP contribution in [-0.2, 0) is 5.41 Å². The quantitative estimate of drug-likeness (QED) is 0.855. The first-order chi connectivity index (χ1) is 8.25. The van der Waals surface area contributed by atoms with E-state index in [9.17, 15) is 0 Å². The van der Waals surface area contributed by atoms with Gasteiger partial charge in [0.05, 0.1) is 5.52 Å². The van der Waals surface area contributed by atoms with Crippen molar-refractivity contribution in [2.75, 3.05) is 6.54 Å². The van der Waals surface area contributed by atoms with Crippen LogP contribution in [0.5, 0.6) is 0 Å². The molecule has 88 valence electrons. The molecule has 0 aliphatic heterocycles. The molecule has 0 spiro atoms. The van der Waals surface area contributed by atoms with Crippen LogP contribution in [0.2, 0.25) is 0 Å². The first-order valence-corrected chi connectivity index (χ1v) is 6.32. The Labute approximate surface area is 102 Å². The molecule has 1 aliphatic rings. The van der Waals surface area contributed by atoms with E-state index in [4.69, 9.17) is 5.73 Å². The van der Waals surface area contributed by atoms with Gasteiger partial charge in [0.25, 0.3) is 0 Å². The van der Waals surface area contributed by atoms with Crippen LogP contribution in [0.15, 0.2) is 30.3 Å². The maximum absolute atomic E-state index is 6.02. The summed E-state index contributed by atoms with van der Waals surface area (Å²) in [5, 5.41) is 1.28. The van der Waals surface area contributed by atoms with E-state index in [0.717, 1.165) is 17.8 Å². The number of pyridine rings is 1. The third-order valence-corrected chi connectivity index (χ3v) is 4.12. The van der Waals surface area contributed by atoms with Crippen molar-refractivity contribution in [2.45, 2.75) is 31.6 Å². The molecule has 0 bridgehead atoms. The molecule has 1 fully saturated rings. The molecule has 2 aromatic rings. The zero-order valence-corrected chi connectivity index (χ0v) is 10.2. The second kappa shape index (κ2) is 3.81. The van der Waals surface area contributed by atoms with Crippen molar-refractivity contribution in [3.8, 4) is 0 Å². The highest BCUT2D eigenvalue weighted by atomic mass is 14.7. The van der Waals surface area contributed by atoms with E-state index in [0.29, 0.717) is 0 Å². The first kappa shape index (κ1) is 10.7. The van der Waals surface area contributed by atoms with Gasteiger partial charge < -0.3 is 5.73 Å². The summed E-state index contributed by atoms with van der Waals surface area (Å²) in [4.78, 5) is 4.60. The Hall–Kier alpha value is -1.41. The fourth-order valence-corrected chi connectivity index (χ4v) is 2.93. The number of rotatable bonds is 2. The normalized spacial score (nSPS) is 18.0. The molecule has 1 aromatic carbocycles. The van der Waals surface area contributed by atoms with Crippen molar-refractivity contribution >= 4 is 10.9 Å². The summed E-state index contributed by atoms with van der Waals surface area (Å²) in [6.07, 6.45) is 3.74. The summed E-state index contributed by atoms with van der Waals surface area (Å²) in [6, 6.07) is 10.6. The van der Waals surface area contributed by atoms with Gasteiger partial charge in [-0.15, -0.1) is 0 Å². The highest BCUT2D eigenvalue weighted by Gasteiger charge is 2.38. The summed E-state index contributed by atoms with van der Waals surface area (Å²) in [5.74, 6) is 0. The smallest absolute Gasteiger partial charge is 0.0708 e. The molecule has 2 nitrogen and oxygen atoms in total. The largest absolute Gasteiger partial charge is 0.330 e. The van der Waals surface area contributed by atoms with Crippen molar-refractivity contribution in [3.63, 3.8) is 0 Å². The Morgan fingerprint density at radius 3 is 2.71 bits per heavy atom. The van der Waals surface area contributed by atoms with E-state index in [1.807, 2.05) is 0 Å². The fraction of sp³-hybridized carbons (Fsp3) is 0.400. The van der Waals surface area contributed by atoms with Crippen LogP contribution in [0.1, 0.15) is 30.5 Å². The third kappa shape index (κ3) is 1.55. The van der Waals surface area contributed by atoms with Gasteiger partial charge >= 0.3 is 0 Å². The van der Waals surface area contributed by atoms with Crippen molar-refractivity contribution in [3.05, 3.63) is 41.6 Å². The molecular formula is C15H18N2. The molecule has 2 heteroatoms. The second-order valence-corrected chi connectivity index (χ2v) is 5.17. The number of aryl methyl sites for hydroxylation is 1. The lowest BCUT2D eigenvalue weighted by molar-refractivity contribution is 0.255. The molecule has 0 unspecified atom stereocenters. The minimum absolute atomic E-state index is 0.216. The molecule has 0 radical (unpaired) electrons. The van der Waals surface area contributed by atoms with Gasteiger partial charge in [0.1, 0.15) is 0 Å². The second-order valence-electron chi connectivity index (χ2n) is 5.17. The summed E-state index contributed by atoms with van der Waals surface area (Å²) in [7, 11) is 0. The predicted molar refractivity (Wildman–Crippen MR) is 71.1 cm³/mol. The summed E-state index contributed by atoms with van der Waals surface area (Å²) in [6.45, 7) is 2.82. The topological polar surface area (TPSA) is 38.9 Å². The molecule has 1 saturated carbocycles. The lowest BCUT2D eigenvalue weighted by atomic mass is 9.63. The molecule has 0 saturated heterocycles. The Kier molecular flexibility index (Phi) is 2.40. The first-order valence-electron chi connectivity index (χ1n) is 6.32. The minimum atomic E-state index is 0.216. The van der Waals surface area contributed by atoms with Crippen LogP contribution < -0.4 is 5.73 Å². The SMILES string of the molecule is Cc1cc(C2(CN)CCC2)c2ccccc2n1. The maximum atomic E-state index is 6.02. The third-order valence-electron chi connectivity index (χ3n) is 4.12. The summed E-state index contributed by atoms with van der Waals surface area (Å²) < 4.78 is 0. The van der Waals surface area contributed by atoms with E-state index in [1.54, 1.807) is 0 Å². The van der Waals surface area contributed by atoms with Crippen LogP contribution >= 0.6 is 0 Å². The molecule has 0 atom stereocenters. The molecule has 1 aromatic heterocycles. The van der Waals surface area contributed by atoms with Gasteiger partial charge in [0.15, 0.2) is 0 Å². The van der Waals surface area contributed by atoms with Crippen LogP contribution in [-0.4, -0.2) is 11.5 Å². The molecule has 1 heterocycles. The molecule has 2 N–H and O–H groups in total. The van der Waals surface area contributed by atoms with Crippen LogP contribution in [0, 0.1) is 6.92 Å². The monoisotopic (exact) mass is 226 g/mol. The molecular weight excluding hydrogens is 208 g/mol. The van der Waals surface area contributed by atoms with Gasteiger partial charge in [0, 0.05) is 23.0 Å². The van der Waals surface area contributed by atoms with E-state index < -0.39 is 0 Å². The average Bonchev–Trinajstić information content (AvgIpc) is 2.28. The van der Waals surface area contributed by atoms with Gasteiger partial charge in [-0.05, 0) is 37.5 Å². The number of nitrogens with zero attached hydrogens (tertiary/aromatic N) is 1. The maximum Gasteiger partial charge on any atom is 0.0708 e. The minimum Gasteiger partial charge on any atom is -0.330 e. The van der Waals surface area contributed by atoms with Crippen LogP contribution in [0.25, 0.3) is 10.9 Å². The van der Waals surface area contributed by atoms with E-state index in [2.05, 4.69) is 42.2 Å². The fourth-order valence-electron chi connectivity index (χ4n) is 2.93. The highest BCUT2D eigenvalue weighted by Crippen LogP contribution is 2.45. The van der Waals surface area contributed by atoms with E-state index in [-0.39, 0.29) is 5.41 Å². The zero-order valence-electron chi connectivity index (χ0n) is 10.2. The Morgan fingerprint density at radius 2 is 2.06 bits per heavy atom. The van der Waals surface area contributed by atoms with Crippen molar-refractivity contribution in [1.82, 2.24) is 4.98 Å². The summed E-state index contributed by atoms with van der Waals surface area (Å²) >= 11 is 0. The number of para-hydroxylation sites is 1. The summed E-state index contributed by atoms with van der Waals surface area (Å²) in [5.41, 5.74) is 9.84. The number of aromatic nitrogens is 1. The zero-order chi connectivity index (χ0) is 11.9. The van der Waals surface area contributed by atoms with E-state index in [1.165, 1.54) is 30.2 Å². The van der Waals surface area contributed by atoms with E-state index >= 15 is 0 Å². The number of nitrogens with two attached hydrogens (primary N) is 1. The Balaban J connectivity index is 2.27. The Morgan fingerprint density at radius 1 is 1.29 bits per heavy atom. The number of hydrogen-bond acceptors (Lipinski definition) is 2. The van der Waals surface area contributed by atoms with Gasteiger partial charge in [-0.2, -0.15) is 0 Å². The van der Waals surface area contributed by atoms with Gasteiger partial charge in [-0.3, -0.25) is 4.98 Å². The van der Waals surface area contributed by atoms with Crippen molar-refractivity contribution in [2.24, 2.45) is 5.73 Å². The molecule has 1 aliphatic carbocycles. The van der Waals surface area contributed by atoms with Crippen LogP contribution in [0.4, 0.5) is 0 Å². The van der Waals surface area contributed by atoms with Crippen molar-refractivity contribution < 1.29 is 0 Å². The average molecular weight is 226 g/mol. The van der Waals surface area contributed by atoms with Crippen molar-refractivity contribution in [1.29, 1.82) is 0 Å². The number of benzene rings is 1. The molecule has 0 amide bonds. The molecule has 17 heavy (non-hydrogen) atoms. The number of fused-ring (bicyclic) bond motifs is 1. The lowest BCUT2D eigenvalue weighted by Crippen LogP contribution is -2.41. The number of hydrogen-bond donors (Lipinski definition) is 1. The van der Waals surface area contributed by atoms with Crippen LogP contribution in [0.3, 0.4) is 0 Å². The highest BCUT2D eigenvalue weighted by molar-refractivity contribution is 5.83. The van der Waals surface area contributed by atoms with Gasteiger partial charge in [-0.1, -0.05) is 24.6 Å². The standard InChI is InChI=1S/C15H18N2/c1-11-9-13(15(10-16)7-4-8-15)12-5-2-3-6-14(12)17-11/h2-3,5-6,9H,4,7-8,10,16H2,1H3. The molecule has 3 rings (SSSR count). The Bertz CT molecular complexity index is 550. The van der Waals surface area contributed by atoms with Gasteiger partial charge in [0.2, 0.25) is 0 Å². The predicted octanol–water partition coefficient (Wildman–Crippen LogP) is 2.92. The lowest BCUT2D eigenvalue weighted by Gasteiger charge is -2.42.